The van der Waals surface area contributed by atoms with Crippen LogP contribution in [0.2, 0.25) is 0 Å². The summed E-state index contributed by atoms with van der Waals surface area (Å²) in [5, 5.41) is 12.7. The van der Waals surface area contributed by atoms with E-state index in [-0.39, 0.29) is 17.9 Å². The predicted molar refractivity (Wildman–Crippen MR) is 92.7 cm³/mol. The van der Waals surface area contributed by atoms with Crippen LogP contribution in [0.15, 0.2) is 18.2 Å². The molecule has 0 aromatic heterocycles. The van der Waals surface area contributed by atoms with Crippen molar-refractivity contribution in [2.24, 2.45) is 0 Å². The number of nitrogens with zero attached hydrogens (tertiary/aromatic N) is 1. The molecule has 0 spiro atoms. The van der Waals surface area contributed by atoms with Crippen LogP contribution in [0.1, 0.15) is 50.2 Å². The SMILES string of the molecule is CC(O)C1CCCCN1C(=O)CCCc1ccc2c(c1)CC(=O)N2. The standard InChI is InChI=1S/C19H26N2O3/c1-13(22)17-6-2-3-10-21(17)19(24)7-4-5-14-8-9-16-15(11-14)12-18(23)20-16/h8-9,11,13,17,22H,2-7,10,12H2,1H3,(H,20,23). The minimum absolute atomic E-state index is 0.0247. The van der Waals surface area contributed by atoms with Gasteiger partial charge in [-0.2, -0.15) is 0 Å². The first-order chi connectivity index (χ1) is 11.5. The molecular formula is C19H26N2O3. The number of likely N-dealkylation sites (tertiary alicyclic amines) is 1. The van der Waals surface area contributed by atoms with Crippen molar-refractivity contribution >= 4 is 17.5 Å². The maximum Gasteiger partial charge on any atom is 0.228 e. The van der Waals surface area contributed by atoms with Crippen molar-refractivity contribution in [2.75, 3.05) is 11.9 Å². The Labute approximate surface area is 143 Å². The number of amides is 2. The predicted octanol–water partition coefficient (Wildman–Crippen LogP) is 2.27. The zero-order valence-corrected chi connectivity index (χ0v) is 14.3. The lowest BCUT2D eigenvalue weighted by molar-refractivity contribution is -0.137. The molecule has 2 aliphatic rings. The van der Waals surface area contributed by atoms with Gasteiger partial charge in [0.25, 0.3) is 0 Å². The van der Waals surface area contributed by atoms with Crippen LogP contribution in [0.4, 0.5) is 5.69 Å². The lowest BCUT2D eigenvalue weighted by atomic mass is 9.97. The second kappa shape index (κ2) is 7.34. The van der Waals surface area contributed by atoms with E-state index in [1.807, 2.05) is 17.0 Å². The van der Waals surface area contributed by atoms with Gasteiger partial charge in [-0.3, -0.25) is 9.59 Å². The van der Waals surface area contributed by atoms with Gasteiger partial charge in [-0.25, -0.2) is 0 Å². The number of carbonyl (C=O) groups excluding carboxylic acids is 2. The van der Waals surface area contributed by atoms with Gasteiger partial charge in [-0.15, -0.1) is 0 Å². The molecule has 5 nitrogen and oxygen atoms in total. The van der Waals surface area contributed by atoms with Gasteiger partial charge in [0.15, 0.2) is 0 Å². The Balaban J connectivity index is 1.52. The number of fused-ring (bicyclic) bond motifs is 1. The highest BCUT2D eigenvalue weighted by atomic mass is 16.3. The Morgan fingerprint density at radius 1 is 1.42 bits per heavy atom. The van der Waals surface area contributed by atoms with Crippen molar-refractivity contribution in [2.45, 2.75) is 64.0 Å². The molecule has 2 amide bonds. The number of aryl methyl sites for hydroxylation is 1. The summed E-state index contributed by atoms with van der Waals surface area (Å²) in [4.78, 5) is 25.8. The molecular weight excluding hydrogens is 304 g/mol. The van der Waals surface area contributed by atoms with Gasteiger partial charge < -0.3 is 15.3 Å². The Kier molecular flexibility index (Phi) is 5.19. The number of aliphatic hydroxyl groups is 1. The second-order valence-electron chi connectivity index (χ2n) is 6.96. The molecule has 3 rings (SSSR count). The quantitative estimate of drug-likeness (QED) is 0.870. The number of nitrogens with one attached hydrogen (secondary N) is 1. The van der Waals surface area contributed by atoms with E-state index in [4.69, 9.17) is 0 Å². The Morgan fingerprint density at radius 2 is 2.25 bits per heavy atom. The molecule has 5 heteroatoms. The smallest absolute Gasteiger partial charge is 0.228 e. The maximum absolute atomic E-state index is 12.5. The molecule has 2 N–H and O–H groups in total. The van der Waals surface area contributed by atoms with Crippen molar-refractivity contribution in [1.82, 2.24) is 4.90 Å². The summed E-state index contributed by atoms with van der Waals surface area (Å²) < 4.78 is 0. The van der Waals surface area contributed by atoms with Crippen LogP contribution < -0.4 is 5.32 Å². The zero-order chi connectivity index (χ0) is 17.1. The average Bonchev–Trinajstić information content (AvgIpc) is 2.94. The second-order valence-corrected chi connectivity index (χ2v) is 6.96. The van der Waals surface area contributed by atoms with Crippen LogP contribution in [0.25, 0.3) is 0 Å². The molecule has 2 heterocycles. The van der Waals surface area contributed by atoms with Crippen LogP contribution in [0.3, 0.4) is 0 Å². The van der Waals surface area contributed by atoms with Crippen molar-refractivity contribution in [3.8, 4) is 0 Å². The van der Waals surface area contributed by atoms with Gasteiger partial charge in [-0.1, -0.05) is 12.1 Å². The van der Waals surface area contributed by atoms with Gasteiger partial charge in [-0.05, 0) is 56.2 Å². The summed E-state index contributed by atoms with van der Waals surface area (Å²) in [5.41, 5.74) is 3.13. The molecule has 1 aromatic carbocycles. The van der Waals surface area contributed by atoms with Crippen LogP contribution in [-0.4, -0.2) is 40.5 Å². The summed E-state index contributed by atoms with van der Waals surface area (Å²) in [6.07, 6.45) is 5.14. The first kappa shape index (κ1) is 17.0. The van der Waals surface area contributed by atoms with Gasteiger partial charge in [0.2, 0.25) is 11.8 Å². The van der Waals surface area contributed by atoms with E-state index in [9.17, 15) is 14.7 Å². The van der Waals surface area contributed by atoms with E-state index in [2.05, 4.69) is 11.4 Å². The normalized spacial score (nSPS) is 21.3. The van der Waals surface area contributed by atoms with E-state index in [0.717, 1.165) is 49.9 Å². The molecule has 1 saturated heterocycles. The summed E-state index contributed by atoms with van der Waals surface area (Å²) in [5.74, 6) is 0.199. The fourth-order valence-electron chi connectivity index (χ4n) is 3.79. The number of anilines is 1. The third-order valence-electron chi connectivity index (χ3n) is 5.08. The molecule has 2 aliphatic heterocycles. The lowest BCUT2D eigenvalue weighted by Gasteiger charge is -2.37. The van der Waals surface area contributed by atoms with Crippen molar-refractivity contribution in [3.05, 3.63) is 29.3 Å². The van der Waals surface area contributed by atoms with E-state index < -0.39 is 6.10 Å². The van der Waals surface area contributed by atoms with E-state index in [1.54, 1.807) is 6.92 Å². The summed E-state index contributed by atoms with van der Waals surface area (Å²) >= 11 is 0. The number of piperidine rings is 1. The largest absolute Gasteiger partial charge is 0.391 e. The first-order valence-electron chi connectivity index (χ1n) is 8.94. The van der Waals surface area contributed by atoms with Gasteiger partial charge in [0.1, 0.15) is 0 Å². The number of benzene rings is 1. The van der Waals surface area contributed by atoms with Crippen molar-refractivity contribution in [1.29, 1.82) is 0 Å². The van der Waals surface area contributed by atoms with E-state index in [0.29, 0.717) is 12.8 Å². The molecule has 0 bridgehead atoms. The van der Waals surface area contributed by atoms with Gasteiger partial charge in [0, 0.05) is 18.7 Å². The van der Waals surface area contributed by atoms with Crippen molar-refractivity contribution < 1.29 is 14.7 Å². The molecule has 1 fully saturated rings. The van der Waals surface area contributed by atoms with Crippen molar-refractivity contribution in [3.63, 3.8) is 0 Å². The molecule has 130 valence electrons. The first-order valence-corrected chi connectivity index (χ1v) is 8.94. The molecule has 1 aromatic rings. The fourth-order valence-corrected chi connectivity index (χ4v) is 3.79. The summed E-state index contributed by atoms with van der Waals surface area (Å²) in [6.45, 7) is 2.54. The number of hydrogen-bond acceptors (Lipinski definition) is 3. The van der Waals surface area contributed by atoms with Crippen LogP contribution >= 0.6 is 0 Å². The van der Waals surface area contributed by atoms with Gasteiger partial charge in [0.05, 0.1) is 18.6 Å². The monoisotopic (exact) mass is 330 g/mol. The van der Waals surface area contributed by atoms with Crippen LogP contribution in [0.5, 0.6) is 0 Å². The number of rotatable bonds is 5. The minimum atomic E-state index is -0.462. The highest BCUT2D eigenvalue weighted by Crippen LogP contribution is 2.25. The Bertz CT molecular complexity index is 627. The average molecular weight is 330 g/mol. The number of aliphatic hydroxyl groups excluding tert-OH is 1. The number of carbonyl (C=O) groups is 2. The van der Waals surface area contributed by atoms with E-state index in [1.165, 1.54) is 5.56 Å². The molecule has 24 heavy (non-hydrogen) atoms. The summed E-state index contributed by atoms with van der Waals surface area (Å²) in [7, 11) is 0. The Hall–Kier alpha value is -1.88. The van der Waals surface area contributed by atoms with Crippen LogP contribution in [0, 0.1) is 0 Å². The van der Waals surface area contributed by atoms with E-state index >= 15 is 0 Å². The third-order valence-corrected chi connectivity index (χ3v) is 5.08. The van der Waals surface area contributed by atoms with Crippen LogP contribution in [-0.2, 0) is 22.4 Å². The highest BCUT2D eigenvalue weighted by molar-refractivity contribution is 5.99. The number of hydrogen-bond donors (Lipinski definition) is 2. The summed E-state index contributed by atoms with van der Waals surface area (Å²) in [6, 6.07) is 6.01. The topological polar surface area (TPSA) is 69.6 Å². The maximum atomic E-state index is 12.5. The highest BCUT2D eigenvalue weighted by Gasteiger charge is 2.29. The molecule has 0 aliphatic carbocycles. The minimum Gasteiger partial charge on any atom is -0.391 e. The lowest BCUT2D eigenvalue weighted by Crippen LogP contribution is -2.48. The molecule has 2 atom stereocenters. The molecule has 0 radical (unpaired) electrons. The molecule has 2 unspecified atom stereocenters. The molecule has 0 saturated carbocycles. The fraction of sp³-hybridized carbons (Fsp3) is 0.579. The zero-order valence-electron chi connectivity index (χ0n) is 14.3. The third kappa shape index (κ3) is 3.78. The Morgan fingerprint density at radius 3 is 3.04 bits per heavy atom. The van der Waals surface area contributed by atoms with Gasteiger partial charge >= 0.3 is 0 Å².